The minimum Gasteiger partial charge on any atom is -0.493 e. The summed E-state index contributed by atoms with van der Waals surface area (Å²) in [5, 5.41) is 3.57. The Bertz CT molecular complexity index is 448. The lowest BCUT2D eigenvalue weighted by atomic mass is 9.98. The number of morpholine rings is 1. The van der Waals surface area contributed by atoms with Gasteiger partial charge in [-0.1, -0.05) is 0 Å². The number of hydrogen-bond acceptors (Lipinski definition) is 5. The summed E-state index contributed by atoms with van der Waals surface area (Å²) in [6, 6.07) is 4.03. The highest BCUT2D eigenvalue weighted by molar-refractivity contribution is 5.54. The Morgan fingerprint density at radius 3 is 2.15 bits per heavy atom. The van der Waals surface area contributed by atoms with E-state index in [0.717, 1.165) is 5.56 Å². The highest BCUT2D eigenvalue weighted by Gasteiger charge is 2.29. The van der Waals surface area contributed by atoms with Gasteiger partial charge in [0.05, 0.1) is 40.6 Å². The lowest BCUT2D eigenvalue weighted by molar-refractivity contribution is 0.0126. The summed E-state index contributed by atoms with van der Waals surface area (Å²) < 4.78 is 21.8. The molecule has 5 heteroatoms. The molecule has 0 aromatic heterocycles. The van der Waals surface area contributed by atoms with Gasteiger partial charge in [0.1, 0.15) is 0 Å². The topological polar surface area (TPSA) is 49.0 Å². The van der Waals surface area contributed by atoms with Gasteiger partial charge >= 0.3 is 0 Å². The van der Waals surface area contributed by atoms with E-state index in [1.165, 1.54) is 0 Å². The Labute approximate surface area is 120 Å². The van der Waals surface area contributed by atoms with Gasteiger partial charge in [0.2, 0.25) is 5.75 Å². The lowest BCUT2D eigenvalue weighted by Gasteiger charge is -2.37. The van der Waals surface area contributed by atoms with Crippen LogP contribution in [0.1, 0.15) is 25.5 Å². The summed E-state index contributed by atoms with van der Waals surface area (Å²) in [7, 11) is 4.84. The molecule has 0 amide bonds. The number of hydrogen-bond donors (Lipinski definition) is 1. The van der Waals surface area contributed by atoms with Crippen molar-refractivity contribution in [2.75, 3.05) is 34.5 Å². The molecule has 5 nitrogen and oxygen atoms in total. The molecule has 0 aliphatic carbocycles. The van der Waals surface area contributed by atoms with Crippen molar-refractivity contribution in [1.82, 2.24) is 5.32 Å². The molecule has 20 heavy (non-hydrogen) atoms. The third kappa shape index (κ3) is 2.99. The number of rotatable bonds is 4. The van der Waals surface area contributed by atoms with Gasteiger partial charge in [-0.2, -0.15) is 0 Å². The van der Waals surface area contributed by atoms with Gasteiger partial charge in [-0.3, -0.25) is 0 Å². The summed E-state index contributed by atoms with van der Waals surface area (Å²) >= 11 is 0. The van der Waals surface area contributed by atoms with E-state index < -0.39 is 0 Å². The van der Waals surface area contributed by atoms with E-state index in [0.29, 0.717) is 30.5 Å². The number of methoxy groups -OCH3 is 3. The predicted molar refractivity (Wildman–Crippen MR) is 76.9 cm³/mol. The molecule has 1 atom stereocenters. The van der Waals surface area contributed by atoms with Crippen molar-refractivity contribution in [2.24, 2.45) is 0 Å². The van der Waals surface area contributed by atoms with Crippen molar-refractivity contribution >= 4 is 0 Å². The van der Waals surface area contributed by atoms with Crippen molar-refractivity contribution in [3.05, 3.63) is 17.7 Å². The molecule has 1 saturated heterocycles. The van der Waals surface area contributed by atoms with Gasteiger partial charge in [-0.25, -0.2) is 0 Å². The maximum absolute atomic E-state index is 5.68. The zero-order valence-electron chi connectivity index (χ0n) is 12.8. The fourth-order valence-electron chi connectivity index (χ4n) is 2.47. The van der Waals surface area contributed by atoms with Crippen LogP contribution >= 0.6 is 0 Å². The van der Waals surface area contributed by atoms with Gasteiger partial charge in [-0.05, 0) is 31.5 Å². The van der Waals surface area contributed by atoms with E-state index in [1.54, 1.807) is 21.3 Å². The molecule has 1 aliphatic heterocycles. The molecule has 2 rings (SSSR count). The Balaban J connectivity index is 2.36. The Kier molecular flexibility index (Phi) is 4.40. The van der Waals surface area contributed by atoms with Crippen molar-refractivity contribution in [1.29, 1.82) is 0 Å². The molecular weight excluding hydrogens is 258 g/mol. The first-order chi connectivity index (χ1) is 9.50. The molecule has 1 fully saturated rings. The van der Waals surface area contributed by atoms with E-state index in [9.17, 15) is 0 Å². The van der Waals surface area contributed by atoms with E-state index in [4.69, 9.17) is 18.9 Å². The highest BCUT2D eigenvalue weighted by atomic mass is 16.5. The van der Waals surface area contributed by atoms with Gasteiger partial charge < -0.3 is 24.3 Å². The zero-order valence-corrected chi connectivity index (χ0v) is 12.8. The quantitative estimate of drug-likeness (QED) is 0.916. The van der Waals surface area contributed by atoms with E-state index in [1.807, 2.05) is 12.1 Å². The second kappa shape index (κ2) is 5.89. The molecule has 0 radical (unpaired) electrons. The van der Waals surface area contributed by atoms with Crippen molar-refractivity contribution < 1.29 is 18.9 Å². The number of benzene rings is 1. The third-order valence-electron chi connectivity index (χ3n) is 3.40. The first-order valence-electron chi connectivity index (χ1n) is 6.66. The molecule has 1 aliphatic rings. The minimum atomic E-state index is -0.0523. The number of ether oxygens (including phenoxy) is 4. The van der Waals surface area contributed by atoms with E-state index >= 15 is 0 Å². The van der Waals surface area contributed by atoms with Crippen molar-refractivity contribution in [3.63, 3.8) is 0 Å². The smallest absolute Gasteiger partial charge is 0.203 e. The molecule has 0 spiro atoms. The van der Waals surface area contributed by atoms with Gasteiger partial charge in [-0.15, -0.1) is 0 Å². The largest absolute Gasteiger partial charge is 0.493 e. The van der Waals surface area contributed by atoms with Crippen LogP contribution in [0.25, 0.3) is 0 Å². The van der Waals surface area contributed by atoms with Crippen molar-refractivity contribution in [2.45, 2.75) is 25.4 Å². The molecule has 1 unspecified atom stereocenters. The van der Waals surface area contributed by atoms with Crippen LogP contribution in [0.4, 0.5) is 0 Å². The molecule has 1 aromatic carbocycles. The fraction of sp³-hybridized carbons (Fsp3) is 0.600. The molecule has 0 bridgehead atoms. The second-order valence-corrected chi connectivity index (χ2v) is 5.55. The molecular formula is C15H23NO4. The van der Waals surface area contributed by atoms with Crippen molar-refractivity contribution in [3.8, 4) is 17.2 Å². The van der Waals surface area contributed by atoms with Crippen LogP contribution < -0.4 is 19.5 Å². The van der Waals surface area contributed by atoms with Crippen LogP contribution in [0, 0.1) is 0 Å². The normalized spacial score (nSPS) is 21.4. The average Bonchev–Trinajstić information content (AvgIpc) is 2.44. The number of nitrogens with one attached hydrogen (secondary N) is 1. The Hall–Kier alpha value is -1.46. The lowest BCUT2D eigenvalue weighted by Crippen LogP contribution is -2.51. The minimum absolute atomic E-state index is 0.0523. The van der Waals surface area contributed by atoms with Crippen LogP contribution in [0.3, 0.4) is 0 Å². The molecule has 0 saturated carbocycles. The van der Waals surface area contributed by atoms with Crippen LogP contribution in [-0.4, -0.2) is 40.1 Å². The van der Waals surface area contributed by atoms with Gasteiger partial charge in [0.15, 0.2) is 11.5 Å². The third-order valence-corrected chi connectivity index (χ3v) is 3.40. The van der Waals surface area contributed by atoms with Crippen LogP contribution in [0.2, 0.25) is 0 Å². The summed E-state index contributed by atoms with van der Waals surface area (Å²) in [5.74, 6) is 1.92. The van der Waals surface area contributed by atoms with E-state index in [2.05, 4.69) is 19.2 Å². The summed E-state index contributed by atoms with van der Waals surface area (Å²) in [5.41, 5.74) is 1.01. The maximum atomic E-state index is 5.68. The first-order valence-corrected chi connectivity index (χ1v) is 6.66. The van der Waals surface area contributed by atoms with Crippen LogP contribution in [-0.2, 0) is 4.74 Å². The maximum Gasteiger partial charge on any atom is 0.203 e. The average molecular weight is 281 g/mol. The molecule has 1 aromatic rings. The SMILES string of the molecule is COc1cc(C2COCC(C)(C)N2)cc(OC)c1OC. The predicted octanol–water partition coefficient (Wildman–Crippen LogP) is 2.15. The molecule has 1 heterocycles. The zero-order chi connectivity index (χ0) is 14.8. The summed E-state index contributed by atoms with van der Waals surface area (Å²) in [4.78, 5) is 0. The van der Waals surface area contributed by atoms with E-state index in [-0.39, 0.29) is 11.6 Å². The standard InChI is InChI=1S/C15H23NO4/c1-15(2)9-20-8-11(16-15)10-6-12(17-3)14(19-5)13(7-10)18-4/h6-7,11,16H,8-9H2,1-5H3. The molecule has 112 valence electrons. The first kappa shape index (κ1) is 14.9. The summed E-state index contributed by atoms with van der Waals surface area (Å²) in [6.07, 6.45) is 0. The molecule has 1 N–H and O–H groups in total. The summed E-state index contributed by atoms with van der Waals surface area (Å²) in [6.45, 7) is 5.57. The van der Waals surface area contributed by atoms with Crippen LogP contribution in [0.5, 0.6) is 17.2 Å². The Morgan fingerprint density at radius 2 is 1.70 bits per heavy atom. The van der Waals surface area contributed by atoms with Gasteiger partial charge in [0, 0.05) is 5.54 Å². The Morgan fingerprint density at radius 1 is 1.10 bits per heavy atom. The fourth-order valence-corrected chi connectivity index (χ4v) is 2.47. The second-order valence-electron chi connectivity index (χ2n) is 5.55. The van der Waals surface area contributed by atoms with Gasteiger partial charge in [0.25, 0.3) is 0 Å². The monoisotopic (exact) mass is 281 g/mol. The highest BCUT2D eigenvalue weighted by Crippen LogP contribution is 2.40. The van der Waals surface area contributed by atoms with Crippen LogP contribution in [0.15, 0.2) is 12.1 Å².